The lowest BCUT2D eigenvalue weighted by Crippen LogP contribution is -2.26. The van der Waals surface area contributed by atoms with E-state index in [2.05, 4.69) is 4.72 Å². The summed E-state index contributed by atoms with van der Waals surface area (Å²) in [6, 6.07) is 1.33. The highest BCUT2D eigenvalue weighted by Crippen LogP contribution is 2.27. The minimum atomic E-state index is -4.16. The van der Waals surface area contributed by atoms with Gasteiger partial charge in [0.15, 0.2) is 5.82 Å². The fourth-order valence-electron chi connectivity index (χ4n) is 1.64. The molecule has 1 aromatic carbocycles. The first-order chi connectivity index (χ1) is 9.79. The number of methoxy groups -OCH3 is 1. The van der Waals surface area contributed by atoms with Crippen LogP contribution in [-0.4, -0.2) is 33.6 Å². The van der Waals surface area contributed by atoms with E-state index >= 15 is 0 Å². The van der Waals surface area contributed by atoms with Crippen molar-refractivity contribution in [2.24, 2.45) is 0 Å². The van der Waals surface area contributed by atoms with Crippen molar-refractivity contribution in [2.75, 3.05) is 26.0 Å². The zero-order valence-electron chi connectivity index (χ0n) is 11.3. The van der Waals surface area contributed by atoms with E-state index in [-0.39, 0.29) is 6.54 Å². The van der Waals surface area contributed by atoms with Gasteiger partial charge >= 0.3 is 0 Å². The molecule has 0 aliphatic carbocycles. The van der Waals surface area contributed by atoms with Gasteiger partial charge in [-0.05, 0) is 12.8 Å². The maximum atomic E-state index is 13.8. The number of halogens is 1. The molecule has 118 valence electrons. The number of unbranched alkanes of at least 4 members (excludes halogenated alkanes) is 1. The van der Waals surface area contributed by atoms with Crippen molar-refractivity contribution >= 4 is 21.4 Å². The number of anilines is 1. The Morgan fingerprint density at radius 1 is 1.43 bits per heavy atom. The van der Waals surface area contributed by atoms with Crippen LogP contribution in [0.5, 0.6) is 0 Å². The third-order valence-electron chi connectivity index (χ3n) is 2.60. The Labute approximate surface area is 121 Å². The number of rotatable bonds is 8. The first kappa shape index (κ1) is 17.3. The molecule has 0 aromatic heterocycles. The van der Waals surface area contributed by atoms with Crippen LogP contribution in [0, 0.1) is 15.9 Å². The smallest absolute Gasteiger partial charge is 0.274 e. The summed E-state index contributed by atoms with van der Waals surface area (Å²) in [4.78, 5) is 8.91. The lowest BCUT2D eigenvalue weighted by Gasteiger charge is -2.10. The van der Waals surface area contributed by atoms with Gasteiger partial charge < -0.3 is 10.5 Å². The Morgan fingerprint density at radius 2 is 2.10 bits per heavy atom. The number of hydrogen-bond acceptors (Lipinski definition) is 6. The molecule has 0 aliphatic heterocycles. The van der Waals surface area contributed by atoms with E-state index in [1.165, 1.54) is 7.11 Å². The Morgan fingerprint density at radius 3 is 2.62 bits per heavy atom. The van der Waals surface area contributed by atoms with Gasteiger partial charge in [0.1, 0.15) is 4.90 Å². The van der Waals surface area contributed by atoms with E-state index in [4.69, 9.17) is 10.5 Å². The average Bonchev–Trinajstić information content (AvgIpc) is 2.37. The molecule has 1 aromatic rings. The summed E-state index contributed by atoms with van der Waals surface area (Å²) in [5.41, 5.74) is 4.30. The van der Waals surface area contributed by atoms with Gasteiger partial charge in [0.25, 0.3) is 5.69 Å². The number of sulfonamides is 1. The maximum Gasteiger partial charge on any atom is 0.274 e. The number of benzene rings is 1. The number of nitro groups is 1. The van der Waals surface area contributed by atoms with Gasteiger partial charge in [0, 0.05) is 26.3 Å². The number of hydrogen-bond donors (Lipinski definition) is 2. The fourth-order valence-corrected chi connectivity index (χ4v) is 2.88. The molecule has 0 atom stereocenters. The Bertz CT molecular complexity index is 597. The van der Waals surface area contributed by atoms with E-state index in [0.29, 0.717) is 25.5 Å². The minimum Gasteiger partial charge on any atom is -0.397 e. The molecule has 3 N–H and O–H groups in total. The van der Waals surface area contributed by atoms with Crippen LogP contribution in [-0.2, 0) is 14.8 Å². The predicted molar refractivity (Wildman–Crippen MR) is 73.8 cm³/mol. The monoisotopic (exact) mass is 321 g/mol. The summed E-state index contributed by atoms with van der Waals surface area (Å²) >= 11 is 0. The second-order valence-electron chi connectivity index (χ2n) is 4.20. The van der Waals surface area contributed by atoms with Crippen LogP contribution < -0.4 is 10.5 Å². The van der Waals surface area contributed by atoms with Gasteiger partial charge in [0.05, 0.1) is 16.7 Å². The summed E-state index contributed by atoms with van der Waals surface area (Å²) < 4.78 is 44.7. The normalized spacial score (nSPS) is 11.5. The summed E-state index contributed by atoms with van der Waals surface area (Å²) in [7, 11) is -2.64. The van der Waals surface area contributed by atoms with Crippen LogP contribution in [0.3, 0.4) is 0 Å². The van der Waals surface area contributed by atoms with Gasteiger partial charge in [-0.3, -0.25) is 10.1 Å². The zero-order valence-corrected chi connectivity index (χ0v) is 12.2. The van der Waals surface area contributed by atoms with Crippen molar-refractivity contribution in [3.63, 3.8) is 0 Å². The molecule has 8 nitrogen and oxygen atoms in total. The van der Waals surface area contributed by atoms with E-state index in [1.54, 1.807) is 0 Å². The van der Waals surface area contributed by atoms with Crippen LogP contribution >= 0.6 is 0 Å². The molecule has 0 fully saturated rings. The van der Waals surface area contributed by atoms with Crippen LogP contribution in [0.25, 0.3) is 0 Å². The summed E-state index contributed by atoms with van der Waals surface area (Å²) in [6.45, 7) is 0.567. The Hall–Kier alpha value is -1.78. The van der Waals surface area contributed by atoms with Crippen LogP contribution in [0.15, 0.2) is 17.0 Å². The lowest BCUT2D eigenvalue weighted by atomic mass is 10.3. The molecule has 0 bridgehead atoms. The minimum absolute atomic E-state index is 0.0849. The number of ether oxygens (including phenoxy) is 1. The molecule has 0 saturated heterocycles. The molecular weight excluding hydrogens is 305 g/mol. The molecule has 0 unspecified atom stereocenters. The van der Waals surface area contributed by atoms with Gasteiger partial charge in [-0.1, -0.05) is 0 Å². The van der Waals surface area contributed by atoms with Gasteiger partial charge in [-0.2, -0.15) is 0 Å². The summed E-state index contributed by atoms with van der Waals surface area (Å²) in [6.07, 6.45) is 1.14. The van der Waals surface area contributed by atoms with Crippen molar-refractivity contribution in [3.05, 3.63) is 28.1 Å². The molecule has 21 heavy (non-hydrogen) atoms. The van der Waals surface area contributed by atoms with Gasteiger partial charge in [-0.25, -0.2) is 17.5 Å². The number of nitrogen functional groups attached to an aromatic ring is 1. The van der Waals surface area contributed by atoms with E-state index in [0.717, 1.165) is 6.07 Å². The first-order valence-electron chi connectivity index (χ1n) is 6.01. The van der Waals surface area contributed by atoms with Crippen LogP contribution in [0.1, 0.15) is 12.8 Å². The molecule has 0 aliphatic rings. The second-order valence-corrected chi connectivity index (χ2v) is 5.90. The highest BCUT2D eigenvalue weighted by Gasteiger charge is 2.25. The molecule has 0 radical (unpaired) electrons. The Balaban J connectivity index is 2.91. The molecular formula is C11H16FN3O5S. The zero-order chi connectivity index (χ0) is 16.0. The number of nitrogens with zero attached hydrogens (tertiary/aromatic N) is 1. The predicted octanol–water partition coefficient (Wildman–Crippen LogP) is 1.02. The largest absolute Gasteiger partial charge is 0.397 e. The quantitative estimate of drug-likeness (QED) is 0.319. The van der Waals surface area contributed by atoms with Crippen molar-refractivity contribution in [1.82, 2.24) is 4.72 Å². The standard InChI is InChI=1S/C11H16FN3O5S/c1-20-5-3-2-4-14-21(18,19)11-9(12)6-8(15(16)17)7-10(11)13/h6-7,14H,2-5,13H2,1H3. The van der Waals surface area contributed by atoms with Crippen molar-refractivity contribution in [3.8, 4) is 0 Å². The van der Waals surface area contributed by atoms with E-state index in [9.17, 15) is 22.9 Å². The highest BCUT2D eigenvalue weighted by atomic mass is 32.2. The van der Waals surface area contributed by atoms with Crippen molar-refractivity contribution < 1.29 is 22.5 Å². The highest BCUT2D eigenvalue weighted by molar-refractivity contribution is 7.89. The fraction of sp³-hybridized carbons (Fsp3) is 0.455. The molecule has 0 amide bonds. The van der Waals surface area contributed by atoms with E-state index in [1.807, 2.05) is 0 Å². The molecule has 0 saturated carbocycles. The lowest BCUT2D eigenvalue weighted by molar-refractivity contribution is -0.385. The van der Waals surface area contributed by atoms with Crippen LogP contribution in [0.4, 0.5) is 15.8 Å². The van der Waals surface area contributed by atoms with E-state index < -0.39 is 37.0 Å². The second kappa shape index (κ2) is 7.29. The van der Waals surface area contributed by atoms with Crippen LogP contribution in [0.2, 0.25) is 0 Å². The third kappa shape index (κ3) is 4.62. The molecule has 0 spiro atoms. The van der Waals surface area contributed by atoms with Gasteiger partial charge in [-0.15, -0.1) is 0 Å². The molecule has 1 rings (SSSR count). The first-order valence-corrected chi connectivity index (χ1v) is 7.50. The molecule has 0 heterocycles. The van der Waals surface area contributed by atoms with Crippen molar-refractivity contribution in [2.45, 2.75) is 17.7 Å². The number of nitro benzene ring substituents is 1. The Kier molecular flexibility index (Phi) is 6.00. The number of nitrogens with two attached hydrogens (primary N) is 1. The average molecular weight is 321 g/mol. The SMILES string of the molecule is COCCCCNS(=O)(=O)c1c(N)cc([N+](=O)[O-])cc1F. The number of non-ortho nitro benzene ring substituents is 1. The molecule has 10 heteroatoms. The summed E-state index contributed by atoms with van der Waals surface area (Å²) in [5, 5.41) is 10.5. The van der Waals surface area contributed by atoms with Gasteiger partial charge in [0.2, 0.25) is 10.0 Å². The number of nitrogens with one attached hydrogen (secondary N) is 1. The topological polar surface area (TPSA) is 125 Å². The third-order valence-corrected chi connectivity index (χ3v) is 4.16. The summed E-state index contributed by atoms with van der Waals surface area (Å²) in [5.74, 6) is -1.26. The van der Waals surface area contributed by atoms with Crippen molar-refractivity contribution in [1.29, 1.82) is 0 Å². The maximum absolute atomic E-state index is 13.8.